The lowest BCUT2D eigenvalue weighted by Crippen LogP contribution is -2.47. The first kappa shape index (κ1) is 21.2. The summed E-state index contributed by atoms with van der Waals surface area (Å²) in [6.07, 6.45) is 3.42. The van der Waals surface area contributed by atoms with E-state index in [1.54, 1.807) is 16.8 Å². The number of amides is 1. The molecule has 0 aliphatic carbocycles. The van der Waals surface area contributed by atoms with Crippen LogP contribution in [0.5, 0.6) is 0 Å². The first-order valence-electron chi connectivity index (χ1n) is 11.5. The average molecular weight is 472 g/mol. The number of furan rings is 1. The Bertz CT molecular complexity index is 1510. The van der Waals surface area contributed by atoms with Crippen LogP contribution < -0.4 is 16.4 Å². The Morgan fingerprint density at radius 3 is 2.69 bits per heavy atom. The number of carbonyl (C=O) groups excluding carboxylic acids is 1. The van der Waals surface area contributed by atoms with Gasteiger partial charge >= 0.3 is 0 Å². The molecule has 1 amide bonds. The number of nitrogens with zero attached hydrogens (tertiary/aromatic N) is 7. The molecule has 178 valence electrons. The Kier molecular flexibility index (Phi) is 5.10. The molecule has 1 aliphatic rings. The highest BCUT2D eigenvalue weighted by atomic mass is 16.3. The molecule has 4 aromatic heterocycles. The first-order valence-corrected chi connectivity index (χ1v) is 11.5. The van der Waals surface area contributed by atoms with Crippen molar-refractivity contribution >= 4 is 34.2 Å². The predicted octanol–water partition coefficient (Wildman–Crippen LogP) is 1.84. The van der Waals surface area contributed by atoms with E-state index in [1.807, 2.05) is 47.3 Å². The van der Waals surface area contributed by atoms with Gasteiger partial charge in [-0.3, -0.25) is 9.69 Å². The number of nitrogens with two attached hydrogens (primary N) is 2. The average Bonchev–Trinajstić information content (AvgIpc) is 3.63. The van der Waals surface area contributed by atoms with Crippen LogP contribution in [0.4, 0.5) is 11.6 Å². The van der Waals surface area contributed by atoms with Crippen LogP contribution in [-0.2, 0) is 6.54 Å². The molecule has 4 N–H and O–H groups in total. The highest BCUT2D eigenvalue weighted by Gasteiger charge is 2.20. The first-order chi connectivity index (χ1) is 17.1. The number of piperazine rings is 1. The Morgan fingerprint density at radius 1 is 1.06 bits per heavy atom. The zero-order chi connectivity index (χ0) is 23.9. The molecule has 11 heteroatoms. The van der Waals surface area contributed by atoms with Gasteiger partial charge in [0.25, 0.3) is 0 Å². The van der Waals surface area contributed by atoms with Gasteiger partial charge in [0.1, 0.15) is 16.7 Å². The van der Waals surface area contributed by atoms with E-state index in [0.717, 1.165) is 61.6 Å². The molecule has 35 heavy (non-hydrogen) atoms. The van der Waals surface area contributed by atoms with Crippen LogP contribution in [0.2, 0.25) is 0 Å². The lowest BCUT2D eigenvalue weighted by Gasteiger charge is -2.36. The zero-order valence-electron chi connectivity index (χ0n) is 19.0. The number of hydrogen-bond acceptors (Lipinski definition) is 8. The third kappa shape index (κ3) is 3.85. The van der Waals surface area contributed by atoms with Crippen LogP contribution in [0.25, 0.3) is 28.1 Å². The van der Waals surface area contributed by atoms with Crippen molar-refractivity contribution in [1.29, 1.82) is 0 Å². The van der Waals surface area contributed by atoms with Crippen LogP contribution in [-0.4, -0.2) is 67.7 Å². The van der Waals surface area contributed by atoms with E-state index in [2.05, 4.69) is 24.9 Å². The van der Waals surface area contributed by atoms with Gasteiger partial charge < -0.3 is 25.4 Å². The third-order valence-corrected chi connectivity index (χ3v) is 6.50. The minimum Gasteiger partial charge on any atom is -0.463 e. The Morgan fingerprint density at radius 2 is 1.91 bits per heavy atom. The molecular weight excluding hydrogens is 446 g/mol. The molecule has 0 saturated carbocycles. The highest BCUT2D eigenvalue weighted by molar-refractivity contribution is 5.93. The van der Waals surface area contributed by atoms with Gasteiger partial charge in [-0.15, -0.1) is 0 Å². The maximum absolute atomic E-state index is 11.5. The molecule has 0 bridgehead atoms. The Labute approximate surface area is 200 Å². The molecule has 1 aliphatic heterocycles. The maximum atomic E-state index is 11.5. The minimum atomic E-state index is -0.405. The lowest BCUT2D eigenvalue weighted by molar-refractivity contribution is 0.100. The summed E-state index contributed by atoms with van der Waals surface area (Å²) in [5.41, 5.74) is 16.2. The third-order valence-electron chi connectivity index (χ3n) is 6.50. The fourth-order valence-corrected chi connectivity index (χ4v) is 4.60. The van der Waals surface area contributed by atoms with Crippen LogP contribution in [0.1, 0.15) is 10.4 Å². The number of carbonyl (C=O) groups is 1. The van der Waals surface area contributed by atoms with Gasteiger partial charge in [0.2, 0.25) is 11.9 Å². The van der Waals surface area contributed by atoms with Crippen molar-refractivity contribution in [3.8, 4) is 11.5 Å². The summed E-state index contributed by atoms with van der Waals surface area (Å²) < 4.78 is 9.11. The van der Waals surface area contributed by atoms with E-state index in [-0.39, 0.29) is 0 Å². The van der Waals surface area contributed by atoms with Crippen molar-refractivity contribution in [2.75, 3.05) is 43.4 Å². The predicted molar refractivity (Wildman–Crippen MR) is 132 cm³/mol. The summed E-state index contributed by atoms with van der Waals surface area (Å²) in [6.45, 7) is 5.21. The summed E-state index contributed by atoms with van der Waals surface area (Å²) in [6, 6.07) is 13.1. The number of fused-ring (bicyclic) bond motifs is 3. The fraction of sp³-hybridized carbons (Fsp3) is 0.250. The second kappa shape index (κ2) is 8.44. The number of primary amides is 1. The van der Waals surface area contributed by atoms with E-state index < -0.39 is 5.91 Å². The van der Waals surface area contributed by atoms with Crippen LogP contribution in [0.3, 0.4) is 0 Å². The van der Waals surface area contributed by atoms with Crippen molar-refractivity contribution in [2.24, 2.45) is 5.73 Å². The molecule has 5 heterocycles. The molecule has 0 unspecified atom stereocenters. The van der Waals surface area contributed by atoms with Gasteiger partial charge in [0.05, 0.1) is 12.6 Å². The zero-order valence-corrected chi connectivity index (χ0v) is 19.0. The molecular formula is C24H25N9O2. The topological polar surface area (TPSA) is 137 Å². The quantitative estimate of drug-likeness (QED) is 0.383. The van der Waals surface area contributed by atoms with Crippen molar-refractivity contribution in [1.82, 2.24) is 29.0 Å². The maximum Gasteiger partial charge on any atom is 0.248 e. The summed E-state index contributed by atoms with van der Waals surface area (Å²) in [7, 11) is 0. The molecule has 11 nitrogen and oxygen atoms in total. The van der Waals surface area contributed by atoms with E-state index in [0.29, 0.717) is 23.0 Å². The fourth-order valence-electron chi connectivity index (χ4n) is 4.60. The van der Waals surface area contributed by atoms with Crippen LogP contribution in [0, 0.1) is 0 Å². The Hall–Kier alpha value is -4.38. The van der Waals surface area contributed by atoms with E-state index in [9.17, 15) is 4.79 Å². The van der Waals surface area contributed by atoms with E-state index >= 15 is 0 Å². The highest BCUT2D eigenvalue weighted by Crippen LogP contribution is 2.26. The molecule has 0 radical (unpaired) electrons. The largest absolute Gasteiger partial charge is 0.463 e. The molecule has 1 aromatic carbocycles. The summed E-state index contributed by atoms with van der Waals surface area (Å²) >= 11 is 0. The molecule has 0 atom stereocenters. The normalized spacial score (nSPS) is 14.8. The number of nitrogen functional groups attached to an aromatic ring is 1. The van der Waals surface area contributed by atoms with Gasteiger partial charge in [-0.1, -0.05) is 6.07 Å². The van der Waals surface area contributed by atoms with Crippen molar-refractivity contribution in [3.05, 3.63) is 60.6 Å². The van der Waals surface area contributed by atoms with Gasteiger partial charge in [0.15, 0.2) is 11.4 Å². The van der Waals surface area contributed by atoms with Gasteiger partial charge in [-0.2, -0.15) is 14.6 Å². The van der Waals surface area contributed by atoms with E-state index in [1.165, 1.54) is 0 Å². The number of benzene rings is 1. The minimum absolute atomic E-state index is 0.305. The Balaban J connectivity index is 1.15. The second-order valence-electron chi connectivity index (χ2n) is 8.63. The molecule has 1 saturated heterocycles. The van der Waals surface area contributed by atoms with Crippen LogP contribution >= 0.6 is 0 Å². The van der Waals surface area contributed by atoms with Crippen LogP contribution in [0.15, 0.2) is 59.5 Å². The summed E-state index contributed by atoms with van der Waals surface area (Å²) in [5, 5.41) is 4.53. The molecule has 5 aromatic rings. The number of hydrogen-bond donors (Lipinski definition) is 2. The number of aromatic nitrogens is 5. The smallest absolute Gasteiger partial charge is 0.248 e. The summed E-state index contributed by atoms with van der Waals surface area (Å²) in [5.74, 6) is 0.567. The number of imidazole rings is 1. The van der Waals surface area contributed by atoms with E-state index in [4.69, 9.17) is 15.9 Å². The molecule has 0 spiro atoms. The molecule has 6 rings (SSSR count). The van der Waals surface area contributed by atoms with Crippen molar-refractivity contribution in [2.45, 2.75) is 6.54 Å². The van der Waals surface area contributed by atoms with Gasteiger partial charge in [-0.25, -0.2) is 4.98 Å². The van der Waals surface area contributed by atoms with Gasteiger partial charge in [0, 0.05) is 50.5 Å². The standard InChI is InChI=1S/C24H25N9O2/c25-22(34)16-3-1-4-17(13-16)31-9-6-30(7-10-31)8-11-32-15-27-21-19-14-18(20-5-2-12-35-20)29-33(19)24(26)28-23(21)32/h1-5,12-15H,6-11H2,(H2,25,34)(H2,26,28). The summed E-state index contributed by atoms with van der Waals surface area (Å²) in [4.78, 5) is 25.4. The SMILES string of the molecule is NC(=O)c1cccc(N2CCN(CCn3cnc4c3nc(N)n3nc(-c5ccco5)cc43)CC2)c1. The van der Waals surface area contributed by atoms with Gasteiger partial charge in [-0.05, 0) is 36.4 Å². The number of anilines is 2. The van der Waals surface area contributed by atoms with Crippen molar-refractivity contribution < 1.29 is 9.21 Å². The monoisotopic (exact) mass is 471 g/mol. The molecule has 1 fully saturated rings. The second-order valence-corrected chi connectivity index (χ2v) is 8.63. The lowest BCUT2D eigenvalue weighted by atomic mass is 10.1. The van der Waals surface area contributed by atoms with Crippen molar-refractivity contribution in [3.63, 3.8) is 0 Å². The number of rotatable bonds is 6.